The zero-order chi connectivity index (χ0) is 38.0. The molecule has 2 aliphatic rings. The van der Waals surface area contributed by atoms with E-state index in [0.29, 0.717) is 32.7 Å². The Kier molecular flexibility index (Phi) is 11.3. The Labute approximate surface area is 313 Å². The molecule has 2 heterocycles. The van der Waals surface area contributed by atoms with Crippen molar-refractivity contribution in [2.45, 2.75) is 93.9 Å². The van der Waals surface area contributed by atoms with Crippen LogP contribution in [0.5, 0.6) is 5.75 Å². The van der Waals surface area contributed by atoms with Crippen molar-refractivity contribution in [3.8, 4) is 16.9 Å². The van der Waals surface area contributed by atoms with E-state index in [1.165, 1.54) is 29.3 Å². The Balaban J connectivity index is 1.25. The number of amides is 2. The fraction of sp³-hybridized carbons (Fsp3) is 0.410. The molecule has 1 aliphatic carbocycles. The van der Waals surface area contributed by atoms with Crippen LogP contribution < -0.4 is 14.8 Å². The minimum atomic E-state index is -4.68. The number of likely N-dealkylation sites (tertiary alicyclic amines) is 1. The van der Waals surface area contributed by atoms with Gasteiger partial charge in [-0.2, -0.15) is 13.5 Å². The van der Waals surface area contributed by atoms with E-state index in [0.717, 1.165) is 31.7 Å². The lowest BCUT2D eigenvalue weighted by Gasteiger charge is -2.36. The van der Waals surface area contributed by atoms with E-state index in [4.69, 9.17) is 21.1 Å². The number of pyridine rings is 1. The normalized spacial score (nSPS) is 16.8. The van der Waals surface area contributed by atoms with E-state index < -0.39 is 45.3 Å². The topological polar surface area (TPSA) is 127 Å². The number of hydrogen-bond acceptors (Lipinski definition) is 7. The van der Waals surface area contributed by atoms with Gasteiger partial charge in [0.15, 0.2) is 6.04 Å². The summed E-state index contributed by atoms with van der Waals surface area (Å²) >= 11 is 5.99. The maximum Gasteiger partial charge on any atom is 0.407 e. The molecule has 14 heteroatoms. The molecular formula is C39H43ClF2N4O6S. The highest BCUT2D eigenvalue weighted by Crippen LogP contribution is 2.35. The van der Waals surface area contributed by atoms with Gasteiger partial charge in [0.05, 0.1) is 11.0 Å². The molecule has 53 heavy (non-hydrogen) atoms. The second kappa shape index (κ2) is 15.6. The Morgan fingerprint density at radius 1 is 0.887 bits per heavy atom. The van der Waals surface area contributed by atoms with Gasteiger partial charge in [-0.3, -0.25) is 9.78 Å². The summed E-state index contributed by atoms with van der Waals surface area (Å²) in [4.78, 5) is 31.2. The number of benzene rings is 3. The Bertz CT molecular complexity index is 2050. The summed E-state index contributed by atoms with van der Waals surface area (Å²) in [5.74, 6) is -4.52. The molecule has 1 saturated heterocycles. The summed E-state index contributed by atoms with van der Waals surface area (Å²) in [5, 5.41) is 4.53. The van der Waals surface area contributed by atoms with Gasteiger partial charge in [0.25, 0.3) is 0 Å². The summed E-state index contributed by atoms with van der Waals surface area (Å²) in [6.45, 7) is 5.19. The molecule has 0 radical (unpaired) electrons. The number of fused-ring (bicyclic) bond motifs is 1. The molecule has 10 nitrogen and oxygen atoms in total. The first kappa shape index (κ1) is 38.4. The number of sulfonamides is 1. The highest BCUT2D eigenvalue weighted by atomic mass is 35.5. The predicted molar refractivity (Wildman–Crippen MR) is 198 cm³/mol. The molecule has 1 saturated carbocycles. The molecule has 0 bridgehead atoms. The van der Waals surface area contributed by atoms with Crippen molar-refractivity contribution in [1.29, 1.82) is 0 Å². The van der Waals surface area contributed by atoms with Crippen LogP contribution in [-0.2, 0) is 25.5 Å². The number of aromatic nitrogens is 1. The summed E-state index contributed by atoms with van der Waals surface area (Å²) in [6.07, 6.45) is 5.45. The van der Waals surface area contributed by atoms with Crippen molar-refractivity contribution in [3.05, 3.63) is 89.7 Å². The third kappa shape index (κ3) is 9.43. The fourth-order valence-electron chi connectivity index (χ4n) is 6.60. The van der Waals surface area contributed by atoms with Gasteiger partial charge in [-0.15, -0.1) is 0 Å². The number of carbonyl (C=O) groups is 2. The Morgan fingerprint density at radius 3 is 2.17 bits per heavy atom. The lowest BCUT2D eigenvalue weighted by atomic mass is 10.0. The molecule has 2 N–H and O–H groups in total. The highest BCUT2D eigenvalue weighted by molar-refractivity contribution is 7.89. The molecule has 1 atom stereocenters. The van der Waals surface area contributed by atoms with Crippen molar-refractivity contribution in [2.24, 2.45) is 0 Å². The number of nitrogens with one attached hydrogen (secondary N) is 2. The van der Waals surface area contributed by atoms with Crippen molar-refractivity contribution < 1.29 is 36.3 Å². The zero-order valence-electron chi connectivity index (χ0n) is 29.8. The second-order valence-electron chi connectivity index (χ2n) is 14.6. The maximum absolute atomic E-state index is 16.6. The first-order valence-electron chi connectivity index (χ1n) is 17.7. The summed E-state index contributed by atoms with van der Waals surface area (Å²) in [5.41, 5.74) is -0.292. The predicted octanol–water partition coefficient (Wildman–Crippen LogP) is 7.83. The van der Waals surface area contributed by atoms with Gasteiger partial charge in [-0.1, -0.05) is 41.9 Å². The summed E-state index contributed by atoms with van der Waals surface area (Å²) in [6, 6.07) is 15.9. The minimum Gasteiger partial charge on any atom is -0.490 e. The van der Waals surface area contributed by atoms with Gasteiger partial charge >= 0.3 is 12.0 Å². The van der Waals surface area contributed by atoms with Crippen LogP contribution in [0.4, 0.5) is 13.6 Å². The van der Waals surface area contributed by atoms with Gasteiger partial charge in [0.2, 0.25) is 15.9 Å². The molecule has 2 fully saturated rings. The smallest absolute Gasteiger partial charge is 0.407 e. The largest absolute Gasteiger partial charge is 0.490 e. The number of hydrogen-bond donors (Lipinski definition) is 2. The SMILES string of the molecule is CC(C)(C)OC(=O)NC1CCN(C(=O)C(NS(=O)(=O)c2ccc3cc(OC4CCCC4)ccc3c2)C(F)(F)c2ccc(-c3ccc(Cl)cc3)cn2)CC1. The highest BCUT2D eigenvalue weighted by Gasteiger charge is 2.51. The third-order valence-electron chi connectivity index (χ3n) is 9.39. The molecule has 1 aromatic heterocycles. The van der Waals surface area contributed by atoms with Gasteiger partial charge in [-0.25, -0.2) is 13.2 Å². The zero-order valence-corrected chi connectivity index (χ0v) is 31.4. The van der Waals surface area contributed by atoms with Crippen LogP contribution in [-0.4, -0.2) is 67.2 Å². The average Bonchev–Trinajstić information content (AvgIpc) is 3.63. The molecular weight excluding hydrogens is 726 g/mol. The molecule has 2 amide bonds. The first-order chi connectivity index (χ1) is 25.1. The number of halogens is 3. The number of piperidine rings is 1. The standard InChI is InChI=1S/C39H43ClF2N4O6S/c1-38(2,3)52-37(48)44-30-18-20-46(21-19-30)36(47)35(39(41,42)34-17-12-28(24-43-34)25-8-13-29(40)14-9-25)45-53(49,50)33-16-11-26-22-32(15-10-27(26)23-33)51-31-6-4-5-7-31/h8-17,22-24,30-31,35,45H,4-7,18-21H2,1-3H3,(H,44,48). The number of alkyl halides is 2. The van der Waals surface area contributed by atoms with Crippen molar-refractivity contribution >= 4 is 44.4 Å². The molecule has 0 spiro atoms. The van der Waals surface area contributed by atoms with Crippen LogP contribution in [0.3, 0.4) is 0 Å². The first-order valence-corrected chi connectivity index (χ1v) is 19.5. The Morgan fingerprint density at radius 2 is 1.53 bits per heavy atom. The van der Waals surface area contributed by atoms with Crippen molar-refractivity contribution in [1.82, 2.24) is 19.9 Å². The monoisotopic (exact) mass is 768 g/mol. The van der Waals surface area contributed by atoms with Crippen LogP contribution >= 0.6 is 11.6 Å². The van der Waals surface area contributed by atoms with Gasteiger partial charge < -0.3 is 19.7 Å². The molecule has 4 aromatic rings. The lowest BCUT2D eigenvalue weighted by molar-refractivity contribution is -0.145. The number of carbonyl (C=O) groups excluding carboxylic acids is 2. The number of nitrogens with zero attached hydrogens (tertiary/aromatic N) is 2. The molecule has 3 aromatic carbocycles. The number of alkyl carbamates (subject to hydrolysis) is 1. The molecule has 1 unspecified atom stereocenters. The van der Waals surface area contributed by atoms with Crippen LogP contribution in [0, 0.1) is 0 Å². The van der Waals surface area contributed by atoms with E-state index >= 15 is 8.78 Å². The lowest BCUT2D eigenvalue weighted by Crippen LogP contribution is -2.58. The van der Waals surface area contributed by atoms with Crippen LogP contribution in [0.1, 0.15) is 65.0 Å². The van der Waals surface area contributed by atoms with Gasteiger partial charge in [0, 0.05) is 35.9 Å². The van der Waals surface area contributed by atoms with E-state index in [-0.39, 0.29) is 43.0 Å². The molecule has 282 valence electrons. The third-order valence-corrected chi connectivity index (χ3v) is 11.1. The number of rotatable bonds is 10. The maximum atomic E-state index is 16.6. The molecule has 6 rings (SSSR count). The number of ether oxygens (including phenoxy) is 2. The summed E-state index contributed by atoms with van der Waals surface area (Å²) in [7, 11) is -4.68. The van der Waals surface area contributed by atoms with Crippen LogP contribution in [0.25, 0.3) is 21.9 Å². The minimum absolute atomic E-state index is 0.00221. The fourth-order valence-corrected chi connectivity index (χ4v) is 7.95. The van der Waals surface area contributed by atoms with Gasteiger partial charge in [0.1, 0.15) is 17.0 Å². The Hall–Kier alpha value is -4.33. The van der Waals surface area contributed by atoms with E-state index in [1.807, 2.05) is 6.07 Å². The van der Waals surface area contributed by atoms with Crippen molar-refractivity contribution in [3.63, 3.8) is 0 Å². The quantitative estimate of drug-likeness (QED) is 0.168. The molecule has 1 aliphatic heterocycles. The summed E-state index contributed by atoms with van der Waals surface area (Å²) < 4.78 is 74.4. The average molecular weight is 769 g/mol. The van der Waals surface area contributed by atoms with Gasteiger partial charge in [-0.05, 0) is 118 Å². The van der Waals surface area contributed by atoms with Crippen LogP contribution in [0.15, 0.2) is 83.9 Å². The van der Waals surface area contributed by atoms with E-state index in [9.17, 15) is 18.0 Å². The van der Waals surface area contributed by atoms with Crippen LogP contribution in [0.2, 0.25) is 5.02 Å². The second-order valence-corrected chi connectivity index (χ2v) is 16.7. The van der Waals surface area contributed by atoms with Crippen molar-refractivity contribution in [2.75, 3.05) is 13.1 Å². The van der Waals surface area contributed by atoms with E-state index in [1.54, 1.807) is 63.2 Å². The van der Waals surface area contributed by atoms with E-state index in [2.05, 4.69) is 15.0 Å².